The van der Waals surface area contributed by atoms with Crippen LogP contribution in [0, 0.1) is 10.1 Å². The third kappa shape index (κ3) is 4.37. The van der Waals surface area contributed by atoms with Crippen LogP contribution in [0.15, 0.2) is 48.5 Å². The van der Waals surface area contributed by atoms with Crippen molar-refractivity contribution in [1.29, 1.82) is 0 Å². The maximum atomic E-state index is 11.9. The summed E-state index contributed by atoms with van der Waals surface area (Å²) in [7, 11) is 0. The molecule has 0 saturated carbocycles. The highest BCUT2D eigenvalue weighted by atomic mass is 16.6. The maximum Gasteiger partial charge on any atom is 0.271 e. The second kappa shape index (κ2) is 7.52. The molecule has 1 aliphatic rings. The zero-order valence-corrected chi connectivity index (χ0v) is 13.3. The van der Waals surface area contributed by atoms with Crippen molar-refractivity contribution in [2.24, 2.45) is 0 Å². The highest BCUT2D eigenvalue weighted by Gasteiger charge is 2.20. The molecule has 0 spiro atoms. The number of nitro benzene ring substituents is 1. The summed E-state index contributed by atoms with van der Waals surface area (Å²) in [5.41, 5.74) is 0.479. The van der Waals surface area contributed by atoms with E-state index in [1.807, 2.05) is 24.3 Å². The van der Waals surface area contributed by atoms with Crippen LogP contribution in [0.4, 0.5) is 11.4 Å². The first kappa shape index (κ1) is 16.6. The Bertz CT molecular complexity index is 780. The number of benzene rings is 2. The van der Waals surface area contributed by atoms with Crippen LogP contribution in [-0.4, -0.2) is 36.6 Å². The van der Waals surface area contributed by atoms with Gasteiger partial charge >= 0.3 is 0 Å². The zero-order valence-electron chi connectivity index (χ0n) is 13.3. The predicted molar refractivity (Wildman–Crippen MR) is 90.9 cm³/mol. The molecule has 2 aromatic carbocycles. The van der Waals surface area contributed by atoms with Gasteiger partial charge in [0.25, 0.3) is 5.69 Å². The van der Waals surface area contributed by atoms with Crippen LogP contribution in [0.1, 0.15) is 0 Å². The number of non-ortho nitro benzene ring substituents is 1. The van der Waals surface area contributed by atoms with Crippen molar-refractivity contribution >= 4 is 17.3 Å². The van der Waals surface area contributed by atoms with Crippen LogP contribution in [0.25, 0.3) is 0 Å². The summed E-state index contributed by atoms with van der Waals surface area (Å²) < 4.78 is 11.3. The quantitative estimate of drug-likeness (QED) is 0.614. The third-order valence-corrected chi connectivity index (χ3v) is 3.60. The van der Waals surface area contributed by atoms with Crippen LogP contribution in [0.5, 0.6) is 11.5 Å². The number of hydrogen-bond donors (Lipinski definition) is 2. The molecular weight excluding hydrogens is 326 g/mol. The number of para-hydroxylation sites is 2. The summed E-state index contributed by atoms with van der Waals surface area (Å²) in [6.45, 7) is 0.671. The topological polar surface area (TPSA) is 103 Å². The smallest absolute Gasteiger partial charge is 0.271 e. The van der Waals surface area contributed by atoms with E-state index in [2.05, 4.69) is 10.6 Å². The fourth-order valence-electron chi connectivity index (χ4n) is 2.37. The van der Waals surface area contributed by atoms with Crippen LogP contribution < -0.4 is 20.1 Å². The lowest BCUT2D eigenvalue weighted by Crippen LogP contribution is -2.42. The lowest BCUT2D eigenvalue weighted by Gasteiger charge is -2.26. The number of carbonyl (C=O) groups excluding carboxylic acids is 1. The van der Waals surface area contributed by atoms with Crippen LogP contribution in [0.3, 0.4) is 0 Å². The largest absolute Gasteiger partial charge is 0.486 e. The molecule has 130 valence electrons. The molecule has 8 heteroatoms. The molecule has 1 atom stereocenters. The normalized spacial score (nSPS) is 15.3. The fourth-order valence-corrected chi connectivity index (χ4v) is 2.37. The lowest BCUT2D eigenvalue weighted by atomic mass is 10.2. The Morgan fingerprint density at radius 2 is 2.00 bits per heavy atom. The number of amides is 1. The second-order valence-electron chi connectivity index (χ2n) is 5.46. The Labute approximate surface area is 143 Å². The van der Waals surface area contributed by atoms with Gasteiger partial charge in [0, 0.05) is 17.8 Å². The van der Waals surface area contributed by atoms with E-state index in [0.717, 1.165) is 0 Å². The van der Waals surface area contributed by atoms with Crippen molar-refractivity contribution in [3.05, 3.63) is 58.6 Å². The minimum absolute atomic E-state index is 0.00529. The molecule has 3 rings (SSSR count). The lowest BCUT2D eigenvalue weighted by molar-refractivity contribution is -0.384. The van der Waals surface area contributed by atoms with Crippen molar-refractivity contribution in [2.75, 3.05) is 25.0 Å². The number of nitro groups is 1. The van der Waals surface area contributed by atoms with Crippen LogP contribution in [0.2, 0.25) is 0 Å². The summed E-state index contributed by atoms with van der Waals surface area (Å²) in [6, 6.07) is 13.3. The Balaban J connectivity index is 1.44. The second-order valence-corrected chi connectivity index (χ2v) is 5.46. The molecule has 0 bridgehead atoms. The number of rotatable bonds is 6. The van der Waals surface area contributed by atoms with E-state index in [4.69, 9.17) is 9.47 Å². The van der Waals surface area contributed by atoms with Crippen LogP contribution >= 0.6 is 0 Å². The standard InChI is InChI=1S/C17H17N3O5/c21-17(10-18-12-4-3-5-13(8-12)20(22)23)19-9-14-11-24-15-6-1-2-7-16(15)25-14/h1-8,14,18H,9-11H2,(H,19,21)/t14-/m1/s1. The van der Waals surface area contributed by atoms with Gasteiger partial charge < -0.3 is 20.1 Å². The van der Waals surface area contributed by atoms with E-state index < -0.39 is 4.92 Å². The van der Waals surface area contributed by atoms with Crippen molar-refractivity contribution in [2.45, 2.75) is 6.10 Å². The maximum absolute atomic E-state index is 11.9. The summed E-state index contributed by atoms with van der Waals surface area (Å²) in [4.78, 5) is 22.2. The van der Waals surface area contributed by atoms with Gasteiger partial charge in [-0.1, -0.05) is 18.2 Å². The molecule has 1 aliphatic heterocycles. The number of fused-ring (bicyclic) bond motifs is 1. The average Bonchev–Trinajstić information content (AvgIpc) is 2.64. The number of anilines is 1. The van der Waals surface area contributed by atoms with E-state index in [0.29, 0.717) is 30.3 Å². The van der Waals surface area contributed by atoms with Crippen molar-refractivity contribution < 1.29 is 19.2 Å². The fraction of sp³-hybridized carbons (Fsp3) is 0.235. The molecule has 0 radical (unpaired) electrons. The summed E-state index contributed by atoms with van der Waals surface area (Å²) in [6.07, 6.45) is -0.267. The number of nitrogens with zero attached hydrogens (tertiary/aromatic N) is 1. The molecule has 0 aromatic heterocycles. The predicted octanol–water partition coefficient (Wildman–Crippen LogP) is 1.96. The molecule has 0 saturated heterocycles. The van der Waals surface area contributed by atoms with E-state index in [9.17, 15) is 14.9 Å². The Hall–Kier alpha value is -3.29. The van der Waals surface area contributed by atoms with Gasteiger partial charge in [-0.25, -0.2) is 0 Å². The van der Waals surface area contributed by atoms with Gasteiger partial charge in [0.15, 0.2) is 11.5 Å². The van der Waals surface area contributed by atoms with E-state index >= 15 is 0 Å². The molecule has 1 amide bonds. The molecule has 0 unspecified atom stereocenters. The average molecular weight is 343 g/mol. The molecule has 2 N–H and O–H groups in total. The van der Waals surface area contributed by atoms with Crippen LogP contribution in [-0.2, 0) is 4.79 Å². The zero-order chi connectivity index (χ0) is 17.6. The molecular formula is C17H17N3O5. The first-order valence-corrected chi connectivity index (χ1v) is 7.75. The van der Waals surface area contributed by atoms with Gasteiger partial charge in [-0.2, -0.15) is 0 Å². The van der Waals surface area contributed by atoms with E-state index in [-0.39, 0.29) is 24.2 Å². The Morgan fingerprint density at radius 3 is 2.80 bits per heavy atom. The molecule has 1 heterocycles. The SMILES string of the molecule is O=C(CNc1cccc([N+](=O)[O-])c1)NC[C@@H]1COc2ccccc2O1. The minimum Gasteiger partial charge on any atom is -0.486 e. The summed E-state index contributed by atoms with van der Waals surface area (Å²) in [5.74, 6) is 1.11. The third-order valence-electron chi connectivity index (χ3n) is 3.60. The molecule has 8 nitrogen and oxygen atoms in total. The van der Waals surface area contributed by atoms with E-state index in [1.54, 1.807) is 12.1 Å². The first-order chi connectivity index (χ1) is 12.1. The molecule has 0 fully saturated rings. The van der Waals surface area contributed by atoms with Crippen molar-refractivity contribution in [3.63, 3.8) is 0 Å². The number of ether oxygens (including phenoxy) is 2. The molecule has 2 aromatic rings. The highest BCUT2D eigenvalue weighted by Crippen LogP contribution is 2.30. The Kier molecular flexibility index (Phi) is 4.98. The number of hydrogen-bond acceptors (Lipinski definition) is 6. The summed E-state index contributed by atoms with van der Waals surface area (Å²) in [5, 5.41) is 16.3. The van der Waals surface area contributed by atoms with Gasteiger partial charge in [-0.3, -0.25) is 14.9 Å². The first-order valence-electron chi connectivity index (χ1n) is 7.75. The number of carbonyl (C=O) groups is 1. The van der Waals surface area contributed by atoms with Crippen molar-refractivity contribution in [1.82, 2.24) is 5.32 Å². The van der Waals surface area contributed by atoms with E-state index in [1.165, 1.54) is 12.1 Å². The Morgan fingerprint density at radius 1 is 1.20 bits per heavy atom. The van der Waals surface area contributed by atoms with Gasteiger partial charge in [-0.15, -0.1) is 0 Å². The van der Waals surface area contributed by atoms with Gasteiger partial charge in [0.1, 0.15) is 12.7 Å². The van der Waals surface area contributed by atoms with Crippen molar-refractivity contribution in [3.8, 4) is 11.5 Å². The number of nitrogens with one attached hydrogen (secondary N) is 2. The van der Waals surface area contributed by atoms with Gasteiger partial charge in [-0.05, 0) is 18.2 Å². The summed E-state index contributed by atoms with van der Waals surface area (Å²) >= 11 is 0. The highest BCUT2D eigenvalue weighted by molar-refractivity contribution is 5.80. The monoisotopic (exact) mass is 343 g/mol. The molecule has 0 aliphatic carbocycles. The minimum atomic E-state index is -0.483. The van der Waals surface area contributed by atoms with Gasteiger partial charge in [0.05, 0.1) is 18.0 Å². The van der Waals surface area contributed by atoms with Gasteiger partial charge in [0.2, 0.25) is 5.91 Å². The molecule has 25 heavy (non-hydrogen) atoms.